The van der Waals surface area contributed by atoms with E-state index < -0.39 is 10.9 Å². The lowest BCUT2D eigenvalue weighted by atomic mass is 10.1. The minimum absolute atomic E-state index is 0.121. The van der Waals surface area contributed by atoms with Crippen molar-refractivity contribution in [1.29, 1.82) is 0 Å². The maximum absolute atomic E-state index is 11.7. The fraction of sp³-hybridized carbons (Fsp3) is 0.312. The molecule has 0 aliphatic rings. The van der Waals surface area contributed by atoms with E-state index in [1.807, 2.05) is 6.92 Å². The SMILES string of the molecule is CCCc1nc(S/C(=C/c2cc([N+](=O)[O-])cc(OC)c2OC)C(=O)O)n[nH]1. The summed E-state index contributed by atoms with van der Waals surface area (Å²) >= 11 is 0.827. The molecule has 0 bridgehead atoms. The van der Waals surface area contributed by atoms with Gasteiger partial charge in [0.2, 0.25) is 5.16 Å². The minimum Gasteiger partial charge on any atom is -0.493 e. The van der Waals surface area contributed by atoms with Gasteiger partial charge in [-0.25, -0.2) is 9.78 Å². The van der Waals surface area contributed by atoms with Crippen LogP contribution in [0, 0.1) is 10.1 Å². The molecule has 0 spiro atoms. The molecular formula is C16H18N4O6S. The van der Waals surface area contributed by atoms with Crippen LogP contribution in [0.4, 0.5) is 5.69 Å². The minimum atomic E-state index is -1.23. The maximum atomic E-state index is 11.7. The van der Waals surface area contributed by atoms with Crippen LogP contribution < -0.4 is 9.47 Å². The van der Waals surface area contributed by atoms with Gasteiger partial charge in [0.15, 0.2) is 11.5 Å². The molecule has 1 heterocycles. The standard InChI is InChI=1S/C16H18N4O6S/c1-4-5-13-17-16(19-18-13)27-12(15(21)22)7-9-6-10(20(23)24)8-11(25-2)14(9)26-3/h6-8H,4-5H2,1-3H3,(H,21,22)(H,17,18,19)/b12-7+. The Bertz CT molecular complexity index is 880. The summed E-state index contributed by atoms with van der Waals surface area (Å²) in [5.74, 6) is -0.270. The molecule has 10 nitrogen and oxygen atoms in total. The highest BCUT2D eigenvalue weighted by molar-refractivity contribution is 8.04. The number of aromatic amines is 1. The first-order chi connectivity index (χ1) is 12.9. The van der Waals surface area contributed by atoms with Gasteiger partial charge in [-0.2, -0.15) is 0 Å². The zero-order valence-electron chi connectivity index (χ0n) is 14.9. The summed E-state index contributed by atoms with van der Waals surface area (Å²) in [6, 6.07) is 2.42. The second-order valence-electron chi connectivity index (χ2n) is 5.26. The monoisotopic (exact) mass is 394 g/mol. The van der Waals surface area contributed by atoms with Crippen molar-refractivity contribution in [2.75, 3.05) is 14.2 Å². The molecule has 0 saturated heterocycles. The maximum Gasteiger partial charge on any atom is 0.342 e. The predicted molar refractivity (Wildman–Crippen MR) is 98.0 cm³/mol. The first-order valence-electron chi connectivity index (χ1n) is 7.84. The molecule has 2 rings (SSSR count). The molecule has 2 aromatic rings. The van der Waals surface area contributed by atoms with Crippen molar-refractivity contribution in [2.45, 2.75) is 24.9 Å². The largest absolute Gasteiger partial charge is 0.493 e. The van der Waals surface area contributed by atoms with E-state index >= 15 is 0 Å². The number of nitrogens with one attached hydrogen (secondary N) is 1. The number of hydrogen-bond donors (Lipinski definition) is 2. The molecule has 144 valence electrons. The zero-order chi connectivity index (χ0) is 20.0. The Kier molecular flexibility index (Phi) is 6.77. The fourth-order valence-electron chi connectivity index (χ4n) is 2.24. The van der Waals surface area contributed by atoms with Crippen molar-refractivity contribution < 1.29 is 24.3 Å². The van der Waals surface area contributed by atoms with Crippen LogP contribution in [-0.4, -0.2) is 45.4 Å². The lowest BCUT2D eigenvalue weighted by Gasteiger charge is -2.11. The molecular weight excluding hydrogens is 376 g/mol. The van der Waals surface area contributed by atoms with Gasteiger partial charge in [0, 0.05) is 18.1 Å². The van der Waals surface area contributed by atoms with Crippen LogP contribution in [0.1, 0.15) is 24.7 Å². The summed E-state index contributed by atoms with van der Waals surface area (Å²) in [4.78, 5) is 26.3. The van der Waals surface area contributed by atoms with Gasteiger partial charge in [-0.05, 0) is 24.3 Å². The van der Waals surface area contributed by atoms with E-state index in [0.717, 1.165) is 18.2 Å². The Balaban J connectivity index is 2.48. The van der Waals surface area contributed by atoms with Crippen molar-refractivity contribution in [1.82, 2.24) is 15.2 Å². The fourth-order valence-corrected chi connectivity index (χ4v) is 2.95. The third-order valence-corrected chi connectivity index (χ3v) is 4.28. The Hall–Kier alpha value is -3.08. The van der Waals surface area contributed by atoms with E-state index in [-0.39, 0.29) is 32.8 Å². The summed E-state index contributed by atoms with van der Waals surface area (Å²) in [6.45, 7) is 1.99. The van der Waals surface area contributed by atoms with Crippen LogP contribution in [0.15, 0.2) is 22.2 Å². The van der Waals surface area contributed by atoms with E-state index in [9.17, 15) is 20.0 Å². The van der Waals surface area contributed by atoms with E-state index in [4.69, 9.17) is 9.47 Å². The molecule has 27 heavy (non-hydrogen) atoms. The molecule has 2 N–H and O–H groups in total. The molecule has 0 amide bonds. The van der Waals surface area contributed by atoms with Gasteiger partial charge in [0.1, 0.15) is 10.7 Å². The number of H-pyrrole nitrogens is 1. The molecule has 0 aliphatic heterocycles. The van der Waals surface area contributed by atoms with Gasteiger partial charge >= 0.3 is 5.97 Å². The van der Waals surface area contributed by atoms with Gasteiger partial charge in [-0.3, -0.25) is 15.2 Å². The quantitative estimate of drug-likeness (QED) is 0.284. The first kappa shape index (κ1) is 20.2. The summed E-state index contributed by atoms with van der Waals surface area (Å²) in [5.41, 5.74) is -0.0606. The van der Waals surface area contributed by atoms with Crippen LogP contribution in [0.5, 0.6) is 11.5 Å². The van der Waals surface area contributed by atoms with Crippen LogP contribution in [0.2, 0.25) is 0 Å². The number of nitro benzene ring substituents is 1. The van der Waals surface area contributed by atoms with Gasteiger partial charge in [-0.1, -0.05) is 6.92 Å². The van der Waals surface area contributed by atoms with Gasteiger partial charge in [0.25, 0.3) is 5.69 Å². The number of aryl methyl sites for hydroxylation is 1. The summed E-state index contributed by atoms with van der Waals surface area (Å²) in [6.07, 6.45) is 2.82. The van der Waals surface area contributed by atoms with Crippen molar-refractivity contribution in [3.05, 3.63) is 38.5 Å². The van der Waals surface area contributed by atoms with Gasteiger partial charge in [-0.15, -0.1) is 5.10 Å². The van der Waals surface area contributed by atoms with Crippen molar-refractivity contribution >= 4 is 29.5 Å². The number of benzene rings is 1. The van der Waals surface area contributed by atoms with E-state index in [2.05, 4.69) is 15.2 Å². The predicted octanol–water partition coefficient (Wildman–Crippen LogP) is 2.90. The Morgan fingerprint density at radius 1 is 1.41 bits per heavy atom. The number of ether oxygens (including phenoxy) is 2. The molecule has 0 atom stereocenters. The molecule has 1 aromatic carbocycles. The topological polar surface area (TPSA) is 140 Å². The summed E-state index contributed by atoms with van der Waals surface area (Å²) in [7, 11) is 2.70. The highest BCUT2D eigenvalue weighted by atomic mass is 32.2. The number of nitrogens with zero attached hydrogens (tertiary/aromatic N) is 3. The molecule has 0 unspecified atom stereocenters. The molecule has 1 aromatic heterocycles. The first-order valence-corrected chi connectivity index (χ1v) is 8.65. The Labute approximate surface area is 158 Å². The number of thioether (sulfide) groups is 1. The average molecular weight is 394 g/mol. The number of carbonyl (C=O) groups is 1. The second-order valence-corrected chi connectivity index (χ2v) is 6.27. The lowest BCUT2D eigenvalue weighted by molar-refractivity contribution is -0.385. The third-order valence-electron chi connectivity index (χ3n) is 3.40. The summed E-state index contributed by atoms with van der Waals surface area (Å²) in [5, 5.41) is 27.6. The number of aromatic nitrogens is 3. The Morgan fingerprint density at radius 2 is 2.15 bits per heavy atom. The number of hydrogen-bond acceptors (Lipinski definition) is 8. The van der Waals surface area contributed by atoms with Crippen LogP contribution in [0.25, 0.3) is 6.08 Å². The van der Waals surface area contributed by atoms with Crippen molar-refractivity contribution in [3.63, 3.8) is 0 Å². The normalized spacial score (nSPS) is 11.3. The van der Waals surface area contributed by atoms with Crippen molar-refractivity contribution in [3.8, 4) is 11.5 Å². The van der Waals surface area contributed by atoms with E-state index in [1.54, 1.807) is 0 Å². The average Bonchev–Trinajstić information content (AvgIpc) is 3.07. The number of nitro groups is 1. The van der Waals surface area contributed by atoms with Gasteiger partial charge < -0.3 is 14.6 Å². The van der Waals surface area contributed by atoms with Crippen LogP contribution in [-0.2, 0) is 11.2 Å². The number of rotatable bonds is 9. The van der Waals surface area contributed by atoms with Gasteiger partial charge in [0.05, 0.1) is 25.2 Å². The molecule has 0 radical (unpaired) electrons. The molecule has 0 saturated carbocycles. The smallest absolute Gasteiger partial charge is 0.342 e. The number of carboxylic acid groups (broad SMARTS) is 1. The molecule has 0 fully saturated rings. The third kappa shape index (κ3) is 4.97. The Morgan fingerprint density at radius 3 is 2.70 bits per heavy atom. The number of non-ortho nitro benzene ring substituents is 1. The molecule has 0 aliphatic carbocycles. The highest BCUT2D eigenvalue weighted by Gasteiger charge is 2.20. The number of methoxy groups -OCH3 is 2. The van der Waals surface area contributed by atoms with E-state index in [0.29, 0.717) is 12.2 Å². The van der Waals surface area contributed by atoms with E-state index in [1.165, 1.54) is 32.4 Å². The van der Waals surface area contributed by atoms with Crippen LogP contribution >= 0.6 is 11.8 Å². The summed E-state index contributed by atoms with van der Waals surface area (Å²) < 4.78 is 10.4. The highest BCUT2D eigenvalue weighted by Crippen LogP contribution is 2.38. The number of carboxylic acids is 1. The van der Waals surface area contributed by atoms with Crippen LogP contribution in [0.3, 0.4) is 0 Å². The zero-order valence-corrected chi connectivity index (χ0v) is 15.7. The number of aliphatic carboxylic acids is 1. The van der Waals surface area contributed by atoms with Crippen molar-refractivity contribution in [2.24, 2.45) is 0 Å². The lowest BCUT2D eigenvalue weighted by Crippen LogP contribution is -2.00. The molecule has 11 heteroatoms. The second kappa shape index (κ2) is 9.03.